The average Bonchev–Trinajstić information content (AvgIpc) is 2.53. The van der Waals surface area contributed by atoms with E-state index in [-0.39, 0.29) is 0 Å². The van der Waals surface area contributed by atoms with Gasteiger partial charge in [0.25, 0.3) is 0 Å². The molecule has 5 nitrogen and oxygen atoms in total. The van der Waals surface area contributed by atoms with E-state index in [4.69, 9.17) is 23.2 Å². The van der Waals surface area contributed by atoms with E-state index in [9.17, 15) is 9.59 Å². The summed E-state index contributed by atoms with van der Waals surface area (Å²) in [4.78, 5) is 23.3. The minimum Gasteiger partial charge on any atom is -0.318 e. The Labute approximate surface area is 143 Å². The summed E-state index contributed by atoms with van der Waals surface area (Å²) in [5.41, 5.74) is 4.36. The number of nitrogens with one attached hydrogen (secondary N) is 2. The Morgan fingerprint density at radius 3 is 2.35 bits per heavy atom. The SMILES string of the molecule is Cc1ccc(NC(=O)C(=O)N/N=C\c2ccc(Cl)c(Cl)c2)cc1. The Hall–Kier alpha value is -2.37. The van der Waals surface area contributed by atoms with Crippen LogP contribution in [0.1, 0.15) is 11.1 Å². The van der Waals surface area contributed by atoms with E-state index in [2.05, 4.69) is 15.8 Å². The molecule has 2 amide bonds. The fourth-order valence-corrected chi connectivity index (χ4v) is 1.94. The summed E-state index contributed by atoms with van der Waals surface area (Å²) >= 11 is 11.7. The van der Waals surface area contributed by atoms with Gasteiger partial charge in [0.1, 0.15) is 0 Å². The Morgan fingerprint density at radius 2 is 1.70 bits per heavy atom. The summed E-state index contributed by atoms with van der Waals surface area (Å²) in [6.07, 6.45) is 1.36. The molecule has 0 aliphatic carbocycles. The molecule has 2 rings (SSSR count). The minimum absolute atomic E-state index is 0.374. The monoisotopic (exact) mass is 349 g/mol. The summed E-state index contributed by atoms with van der Waals surface area (Å²) in [5, 5.41) is 6.97. The van der Waals surface area contributed by atoms with Crippen LogP contribution in [0.5, 0.6) is 0 Å². The van der Waals surface area contributed by atoms with Crippen LogP contribution in [0.15, 0.2) is 47.6 Å². The van der Waals surface area contributed by atoms with E-state index in [0.29, 0.717) is 21.3 Å². The van der Waals surface area contributed by atoms with Crippen molar-refractivity contribution in [2.75, 3.05) is 5.32 Å². The van der Waals surface area contributed by atoms with Gasteiger partial charge in [0.2, 0.25) is 0 Å². The maximum atomic E-state index is 11.7. The molecule has 2 aromatic rings. The van der Waals surface area contributed by atoms with Gasteiger partial charge in [-0.05, 0) is 36.8 Å². The second-order valence-electron chi connectivity index (χ2n) is 4.69. The maximum Gasteiger partial charge on any atom is 0.329 e. The van der Waals surface area contributed by atoms with E-state index in [1.54, 1.807) is 30.3 Å². The van der Waals surface area contributed by atoms with Gasteiger partial charge in [-0.3, -0.25) is 9.59 Å². The van der Waals surface area contributed by atoms with Crippen LogP contribution in [0.3, 0.4) is 0 Å². The van der Waals surface area contributed by atoms with Crippen LogP contribution < -0.4 is 10.7 Å². The summed E-state index contributed by atoms with van der Waals surface area (Å²) in [6.45, 7) is 1.93. The zero-order valence-corrected chi connectivity index (χ0v) is 13.7. The van der Waals surface area contributed by atoms with Crippen molar-refractivity contribution < 1.29 is 9.59 Å². The number of halogens is 2. The third-order valence-corrected chi connectivity index (χ3v) is 3.58. The van der Waals surface area contributed by atoms with Gasteiger partial charge in [-0.2, -0.15) is 5.10 Å². The molecular formula is C16H13Cl2N3O2. The second kappa shape index (κ2) is 7.76. The van der Waals surface area contributed by atoms with Crippen LogP contribution in [-0.2, 0) is 9.59 Å². The van der Waals surface area contributed by atoms with Crippen LogP contribution in [0, 0.1) is 6.92 Å². The van der Waals surface area contributed by atoms with Crippen LogP contribution in [0.25, 0.3) is 0 Å². The number of carbonyl (C=O) groups is 2. The molecule has 0 radical (unpaired) electrons. The van der Waals surface area contributed by atoms with Gasteiger partial charge < -0.3 is 5.32 Å². The Kier molecular flexibility index (Phi) is 5.73. The summed E-state index contributed by atoms with van der Waals surface area (Å²) in [6, 6.07) is 11.9. The highest BCUT2D eigenvalue weighted by molar-refractivity contribution is 6.42. The Bertz CT molecular complexity index is 758. The first-order valence-corrected chi connectivity index (χ1v) is 7.37. The smallest absolute Gasteiger partial charge is 0.318 e. The van der Waals surface area contributed by atoms with Gasteiger partial charge in [0, 0.05) is 5.69 Å². The van der Waals surface area contributed by atoms with Crippen molar-refractivity contribution >= 4 is 46.9 Å². The van der Waals surface area contributed by atoms with Gasteiger partial charge in [-0.1, -0.05) is 47.0 Å². The van der Waals surface area contributed by atoms with E-state index >= 15 is 0 Å². The van der Waals surface area contributed by atoms with Crippen LogP contribution in [-0.4, -0.2) is 18.0 Å². The van der Waals surface area contributed by atoms with E-state index in [1.165, 1.54) is 6.21 Å². The number of benzene rings is 2. The maximum absolute atomic E-state index is 11.7. The number of rotatable bonds is 3. The molecule has 7 heteroatoms. The third-order valence-electron chi connectivity index (χ3n) is 2.84. The van der Waals surface area contributed by atoms with Gasteiger partial charge in [0.15, 0.2) is 0 Å². The molecule has 2 aromatic carbocycles. The molecular weight excluding hydrogens is 337 g/mol. The van der Waals surface area contributed by atoms with Crippen molar-refractivity contribution in [3.63, 3.8) is 0 Å². The lowest BCUT2D eigenvalue weighted by Gasteiger charge is -2.04. The number of carbonyl (C=O) groups excluding carboxylic acids is 2. The molecule has 0 saturated heterocycles. The van der Waals surface area contributed by atoms with Gasteiger partial charge >= 0.3 is 11.8 Å². The van der Waals surface area contributed by atoms with Crippen molar-refractivity contribution in [1.29, 1.82) is 0 Å². The fraction of sp³-hybridized carbons (Fsp3) is 0.0625. The Balaban J connectivity index is 1.90. The first-order valence-electron chi connectivity index (χ1n) is 6.62. The topological polar surface area (TPSA) is 70.6 Å². The summed E-state index contributed by atoms with van der Waals surface area (Å²) in [5.74, 6) is -1.68. The molecule has 0 saturated carbocycles. The number of hydrazone groups is 1. The molecule has 0 aliphatic heterocycles. The number of hydrogen-bond donors (Lipinski definition) is 2. The highest BCUT2D eigenvalue weighted by Gasteiger charge is 2.12. The van der Waals surface area contributed by atoms with Crippen molar-refractivity contribution in [3.8, 4) is 0 Å². The van der Waals surface area contributed by atoms with Crippen LogP contribution in [0.2, 0.25) is 10.0 Å². The van der Waals surface area contributed by atoms with Crippen molar-refractivity contribution in [2.24, 2.45) is 5.10 Å². The molecule has 0 atom stereocenters. The molecule has 0 bridgehead atoms. The largest absolute Gasteiger partial charge is 0.329 e. The highest BCUT2D eigenvalue weighted by Crippen LogP contribution is 2.21. The normalized spacial score (nSPS) is 10.6. The van der Waals surface area contributed by atoms with Crippen molar-refractivity contribution in [2.45, 2.75) is 6.92 Å². The lowest BCUT2D eigenvalue weighted by Crippen LogP contribution is -2.32. The van der Waals surface area contributed by atoms with Crippen LogP contribution >= 0.6 is 23.2 Å². The zero-order valence-electron chi connectivity index (χ0n) is 12.1. The lowest BCUT2D eigenvalue weighted by atomic mass is 10.2. The predicted octanol–water partition coefficient (Wildman–Crippen LogP) is 3.39. The zero-order chi connectivity index (χ0) is 16.8. The molecule has 0 unspecified atom stereocenters. The summed E-state index contributed by atoms with van der Waals surface area (Å²) < 4.78 is 0. The molecule has 0 fully saturated rings. The molecule has 0 aliphatic rings. The number of aryl methyl sites for hydroxylation is 1. The molecule has 0 spiro atoms. The molecule has 23 heavy (non-hydrogen) atoms. The Morgan fingerprint density at radius 1 is 1.00 bits per heavy atom. The quantitative estimate of drug-likeness (QED) is 0.506. The molecule has 118 valence electrons. The minimum atomic E-state index is -0.873. The number of hydrogen-bond acceptors (Lipinski definition) is 3. The lowest BCUT2D eigenvalue weighted by molar-refractivity contribution is -0.136. The first-order chi connectivity index (χ1) is 11.0. The van der Waals surface area contributed by atoms with Gasteiger partial charge in [-0.25, -0.2) is 5.43 Å². The van der Waals surface area contributed by atoms with E-state index < -0.39 is 11.8 Å². The van der Waals surface area contributed by atoms with E-state index in [1.807, 2.05) is 19.1 Å². The molecule has 2 N–H and O–H groups in total. The van der Waals surface area contributed by atoms with E-state index in [0.717, 1.165) is 5.56 Å². The van der Waals surface area contributed by atoms with Crippen molar-refractivity contribution in [1.82, 2.24) is 5.43 Å². The highest BCUT2D eigenvalue weighted by atomic mass is 35.5. The molecule has 0 heterocycles. The number of amides is 2. The van der Waals surface area contributed by atoms with Gasteiger partial charge in [-0.15, -0.1) is 0 Å². The molecule has 0 aromatic heterocycles. The van der Waals surface area contributed by atoms with Crippen molar-refractivity contribution in [3.05, 3.63) is 63.6 Å². The number of anilines is 1. The number of nitrogens with zero attached hydrogens (tertiary/aromatic N) is 1. The van der Waals surface area contributed by atoms with Crippen LogP contribution in [0.4, 0.5) is 5.69 Å². The standard InChI is InChI=1S/C16H13Cl2N3O2/c1-10-2-5-12(6-3-10)20-15(22)16(23)21-19-9-11-4-7-13(17)14(18)8-11/h2-9H,1H3,(H,20,22)(H,21,23)/b19-9-. The average molecular weight is 350 g/mol. The second-order valence-corrected chi connectivity index (χ2v) is 5.51. The first kappa shape index (κ1) is 17.0. The van der Waals surface area contributed by atoms with Gasteiger partial charge in [0.05, 0.1) is 16.3 Å². The fourth-order valence-electron chi connectivity index (χ4n) is 1.63. The third kappa shape index (κ3) is 5.09. The summed E-state index contributed by atoms with van der Waals surface area (Å²) in [7, 11) is 0. The predicted molar refractivity (Wildman–Crippen MR) is 92.0 cm³/mol.